The zero-order chi connectivity index (χ0) is 9.64. The molecule has 4 nitrogen and oxygen atoms in total. The Hall–Kier alpha value is -1.00. The van der Waals surface area contributed by atoms with Crippen molar-refractivity contribution in [1.29, 1.82) is 0 Å². The molecule has 4 heteroatoms. The van der Waals surface area contributed by atoms with Gasteiger partial charge in [0, 0.05) is 24.5 Å². The minimum Gasteiger partial charge on any atom is -0.298 e. The molecule has 0 aliphatic heterocycles. The van der Waals surface area contributed by atoms with Crippen molar-refractivity contribution < 1.29 is 4.84 Å². The standard InChI is InChI=1S/C10H15N3O/c1-2-4-10(3-1)14-13-7-9-5-11-8-12-6-9/h5-6,8,10,13H,1-4,7H2. The quantitative estimate of drug-likeness (QED) is 0.735. The van der Waals surface area contributed by atoms with Crippen LogP contribution in [0.2, 0.25) is 0 Å². The van der Waals surface area contributed by atoms with Gasteiger partial charge in [0.2, 0.25) is 0 Å². The van der Waals surface area contributed by atoms with Gasteiger partial charge in [-0.1, -0.05) is 12.8 Å². The van der Waals surface area contributed by atoms with Crippen LogP contribution in [0.25, 0.3) is 0 Å². The molecular weight excluding hydrogens is 178 g/mol. The van der Waals surface area contributed by atoms with Gasteiger partial charge < -0.3 is 0 Å². The number of hydrogen-bond acceptors (Lipinski definition) is 4. The van der Waals surface area contributed by atoms with Crippen LogP contribution in [0.15, 0.2) is 18.7 Å². The molecule has 1 aromatic rings. The van der Waals surface area contributed by atoms with Crippen molar-refractivity contribution in [2.24, 2.45) is 0 Å². The van der Waals surface area contributed by atoms with Gasteiger partial charge in [0.1, 0.15) is 6.33 Å². The van der Waals surface area contributed by atoms with E-state index in [1.54, 1.807) is 12.4 Å². The summed E-state index contributed by atoms with van der Waals surface area (Å²) in [4.78, 5) is 13.4. The number of aromatic nitrogens is 2. The Bertz CT molecular complexity index is 259. The predicted molar refractivity (Wildman–Crippen MR) is 52.2 cm³/mol. The molecule has 0 atom stereocenters. The lowest BCUT2D eigenvalue weighted by molar-refractivity contribution is -0.0244. The van der Waals surface area contributed by atoms with Crippen molar-refractivity contribution in [2.75, 3.05) is 0 Å². The zero-order valence-electron chi connectivity index (χ0n) is 8.15. The number of hydrogen-bond donors (Lipinski definition) is 1. The molecule has 14 heavy (non-hydrogen) atoms. The number of nitrogens with one attached hydrogen (secondary N) is 1. The van der Waals surface area contributed by atoms with Crippen LogP contribution in [-0.2, 0) is 11.4 Å². The minimum absolute atomic E-state index is 0.402. The van der Waals surface area contributed by atoms with Crippen molar-refractivity contribution >= 4 is 0 Å². The third kappa shape index (κ3) is 2.75. The van der Waals surface area contributed by atoms with Gasteiger partial charge in [0.05, 0.1) is 6.10 Å². The highest BCUT2D eigenvalue weighted by Gasteiger charge is 2.15. The van der Waals surface area contributed by atoms with Crippen LogP contribution in [0.5, 0.6) is 0 Å². The van der Waals surface area contributed by atoms with Crippen LogP contribution in [0, 0.1) is 0 Å². The Labute approximate surface area is 83.7 Å². The molecule has 0 aromatic carbocycles. The van der Waals surface area contributed by atoms with Crippen LogP contribution in [0.4, 0.5) is 0 Å². The molecule has 1 N–H and O–H groups in total. The lowest BCUT2D eigenvalue weighted by Gasteiger charge is -2.10. The predicted octanol–water partition coefficient (Wildman–Crippen LogP) is 1.44. The van der Waals surface area contributed by atoms with Crippen LogP contribution in [0.1, 0.15) is 31.2 Å². The second kappa shape index (κ2) is 5.02. The third-order valence-corrected chi connectivity index (χ3v) is 2.44. The summed E-state index contributed by atoms with van der Waals surface area (Å²) < 4.78 is 0. The fourth-order valence-corrected chi connectivity index (χ4v) is 1.67. The molecule has 0 spiro atoms. The molecule has 0 radical (unpaired) electrons. The highest BCUT2D eigenvalue weighted by Crippen LogP contribution is 2.19. The summed E-state index contributed by atoms with van der Waals surface area (Å²) >= 11 is 0. The lowest BCUT2D eigenvalue weighted by Crippen LogP contribution is -2.21. The van der Waals surface area contributed by atoms with Crippen molar-refractivity contribution in [3.05, 3.63) is 24.3 Å². The second-order valence-corrected chi connectivity index (χ2v) is 3.59. The molecule has 1 fully saturated rings. The summed E-state index contributed by atoms with van der Waals surface area (Å²) in [6.07, 6.45) is 10.5. The molecule has 76 valence electrons. The maximum atomic E-state index is 5.50. The van der Waals surface area contributed by atoms with Gasteiger partial charge in [0.15, 0.2) is 0 Å². The summed E-state index contributed by atoms with van der Waals surface area (Å²) in [6.45, 7) is 0.678. The molecule has 0 amide bonds. The van der Waals surface area contributed by atoms with Gasteiger partial charge in [-0.05, 0) is 12.8 Å². The first kappa shape index (κ1) is 9.55. The molecular formula is C10H15N3O. The summed E-state index contributed by atoms with van der Waals surface area (Å²) in [5, 5.41) is 0. The summed E-state index contributed by atoms with van der Waals surface area (Å²) in [7, 11) is 0. The van der Waals surface area contributed by atoms with E-state index in [1.807, 2.05) is 0 Å². The number of hydroxylamine groups is 1. The second-order valence-electron chi connectivity index (χ2n) is 3.59. The molecule has 1 aliphatic carbocycles. The largest absolute Gasteiger partial charge is 0.298 e. The zero-order valence-corrected chi connectivity index (χ0v) is 8.15. The Kier molecular flexibility index (Phi) is 3.43. The fraction of sp³-hybridized carbons (Fsp3) is 0.600. The van der Waals surface area contributed by atoms with E-state index in [0.717, 1.165) is 5.56 Å². The average Bonchev–Trinajstić information content (AvgIpc) is 2.72. The van der Waals surface area contributed by atoms with Crippen LogP contribution in [0.3, 0.4) is 0 Å². The van der Waals surface area contributed by atoms with E-state index in [4.69, 9.17) is 4.84 Å². The Balaban J connectivity index is 1.67. The van der Waals surface area contributed by atoms with Gasteiger partial charge in [-0.15, -0.1) is 0 Å². The monoisotopic (exact) mass is 193 g/mol. The van der Waals surface area contributed by atoms with E-state index < -0.39 is 0 Å². The van der Waals surface area contributed by atoms with Crippen molar-refractivity contribution in [1.82, 2.24) is 15.4 Å². The maximum absolute atomic E-state index is 5.50. The first-order valence-electron chi connectivity index (χ1n) is 5.07. The number of nitrogens with zero attached hydrogens (tertiary/aromatic N) is 2. The fourth-order valence-electron chi connectivity index (χ4n) is 1.67. The topological polar surface area (TPSA) is 47.0 Å². The van der Waals surface area contributed by atoms with Crippen LogP contribution >= 0.6 is 0 Å². The molecule has 1 saturated carbocycles. The van der Waals surface area contributed by atoms with Gasteiger partial charge in [0.25, 0.3) is 0 Å². The SMILES string of the molecule is c1ncc(CNOC2CCCC2)cn1. The molecule has 2 rings (SSSR count). The lowest BCUT2D eigenvalue weighted by atomic mass is 10.3. The molecule has 0 unspecified atom stereocenters. The van der Waals surface area contributed by atoms with Gasteiger partial charge >= 0.3 is 0 Å². The molecule has 1 aliphatic rings. The number of rotatable bonds is 4. The van der Waals surface area contributed by atoms with Crippen LogP contribution < -0.4 is 5.48 Å². The van der Waals surface area contributed by atoms with Crippen molar-refractivity contribution in [3.63, 3.8) is 0 Å². The van der Waals surface area contributed by atoms with E-state index in [2.05, 4.69) is 15.4 Å². The Morgan fingerprint density at radius 3 is 2.71 bits per heavy atom. The highest BCUT2D eigenvalue weighted by atomic mass is 16.7. The average molecular weight is 193 g/mol. The molecule has 1 aromatic heterocycles. The van der Waals surface area contributed by atoms with Crippen molar-refractivity contribution in [3.8, 4) is 0 Å². The summed E-state index contributed by atoms with van der Waals surface area (Å²) in [6, 6.07) is 0. The Morgan fingerprint density at radius 2 is 2.00 bits per heavy atom. The normalized spacial score (nSPS) is 17.4. The third-order valence-electron chi connectivity index (χ3n) is 2.44. The van der Waals surface area contributed by atoms with E-state index in [0.29, 0.717) is 12.6 Å². The van der Waals surface area contributed by atoms with Gasteiger partial charge in [-0.3, -0.25) is 4.84 Å². The maximum Gasteiger partial charge on any atom is 0.115 e. The van der Waals surface area contributed by atoms with E-state index in [-0.39, 0.29) is 0 Å². The van der Waals surface area contributed by atoms with E-state index in [1.165, 1.54) is 32.0 Å². The smallest absolute Gasteiger partial charge is 0.115 e. The first-order valence-corrected chi connectivity index (χ1v) is 5.07. The van der Waals surface area contributed by atoms with E-state index >= 15 is 0 Å². The van der Waals surface area contributed by atoms with Gasteiger partial charge in [-0.2, -0.15) is 5.48 Å². The van der Waals surface area contributed by atoms with Crippen LogP contribution in [-0.4, -0.2) is 16.1 Å². The highest BCUT2D eigenvalue weighted by molar-refractivity contribution is 5.00. The summed E-state index contributed by atoms with van der Waals surface area (Å²) in [5.41, 5.74) is 4.01. The van der Waals surface area contributed by atoms with Gasteiger partial charge in [-0.25, -0.2) is 9.97 Å². The Morgan fingerprint density at radius 1 is 1.29 bits per heavy atom. The first-order chi connectivity index (χ1) is 6.95. The summed E-state index contributed by atoms with van der Waals surface area (Å²) in [5.74, 6) is 0. The van der Waals surface area contributed by atoms with Crippen molar-refractivity contribution in [2.45, 2.75) is 38.3 Å². The molecule has 0 saturated heterocycles. The van der Waals surface area contributed by atoms with E-state index in [9.17, 15) is 0 Å². The molecule has 1 heterocycles. The minimum atomic E-state index is 0.402. The molecule has 0 bridgehead atoms.